The molecule has 2 unspecified atom stereocenters. The summed E-state index contributed by atoms with van der Waals surface area (Å²) in [6.45, 7) is 0.698. The second kappa shape index (κ2) is 10.4. The fourth-order valence-electron chi connectivity index (χ4n) is 4.67. The molecule has 5 rings (SSSR count). The number of imide groups is 1. The molecule has 2 aliphatic rings. The molecule has 3 aromatic rings. The molecule has 0 spiro atoms. The van der Waals surface area contributed by atoms with E-state index in [1.165, 1.54) is 34.0 Å². The third kappa shape index (κ3) is 5.42. The molecule has 196 valence electrons. The van der Waals surface area contributed by atoms with E-state index in [0.29, 0.717) is 29.4 Å². The minimum atomic E-state index is -4.55. The van der Waals surface area contributed by atoms with Crippen LogP contribution in [-0.4, -0.2) is 50.9 Å². The average Bonchev–Trinajstić information content (AvgIpc) is 3.55. The molecular weight excluding hydrogens is 541 g/mol. The topological polar surface area (TPSA) is 84.3 Å². The summed E-state index contributed by atoms with van der Waals surface area (Å²) in [5, 5.41) is 7.77. The van der Waals surface area contributed by atoms with Crippen molar-refractivity contribution in [2.75, 3.05) is 13.1 Å². The Kier molecular flexibility index (Phi) is 7.19. The Labute approximate surface area is 224 Å². The number of alkyl halides is 3. The highest BCUT2D eigenvalue weighted by atomic mass is 35.5. The lowest BCUT2D eigenvalue weighted by molar-refractivity contribution is -0.138. The minimum Gasteiger partial charge on any atom is -0.312 e. The standard InChI is InChI=1S/C26H20ClF3N4O3S/c27-19-3-2-17(21(10-19)26(28,29)30)13-34-22-4-1-15(7-18(22)12-32-34)9-23-24(36)33(25(37)38-23)14-20-8-16(5-6-35)11-31-20/h1-5,7,9-10,12,16,20,31H,8,11,13-14H2. The van der Waals surface area contributed by atoms with Gasteiger partial charge in [-0.2, -0.15) is 18.3 Å². The Morgan fingerprint density at radius 2 is 2.03 bits per heavy atom. The Balaban J connectivity index is 1.33. The van der Waals surface area contributed by atoms with Gasteiger partial charge in [0.25, 0.3) is 11.1 Å². The normalized spacial score (nSPS) is 21.1. The number of benzene rings is 2. The maximum absolute atomic E-state index is 13.5. The lowest BCUT2D eigenvalue weighted by atomic mass is 10.1. The molecule has 0 aliphatic carbocycles. The van der Waals surface area contributed by atoms with E-state index in [2.05, 4.69) is 10.4 Å². The first-order valence-corrected chi connectivity index (χ1v) is 12.8. The van der Waals surface area contributed by atoms with E-state index in [4.69, 9.17) is 11.6 Å². The number of fused-ring (bicyclic) bond motifs is 1. The number of nitrogens with one attached hydrogen (secondary N) is 1. The van der Waals surface area contributed by atoms with Crippen molar-refractivity contribution >= 4 is 57.4 Å². The lowest BCUT2D eigenvalue weighted by Crippen LogP contribution is -2.39. The number of thioether (sulfide) groups is 1. The number of carbonyl (C=O) groups is 2. The number of nitrogens with zero attached hydrogens (tertiary/aromatic N) is 3. The molecule has 0 saturated carbocycles. The fraction of sp³-hybridized carbons (Fsp3) is 0.269. The maximum Gasteiger partial charge on any atom is 0.416 e. The molecule has 12 heteroatoms. The van der Waals surface area contributed by atoms with Crippen LogP contribution in [-0.2, 0) is 22.3 Å². The first kappa shape index (κ1) is 26.2. The van der Waals surface area contributed by atoms with Crippen molar-refractivity contribution < 1.29 is 27.6 Å². The van der Waals surface area contributed by atoms with Crippen LogP contribution in [0.2, 0.25) is 5.02 Å². The van der Waals surface area contributed by atoms with Crippen LogP contribution in [0.5, 0.6) is 0 Å². The molecule has 2 fully saturated rings. The summed E-state index contributed by atoms with van der Waals surface area (Å²) in [5.41, 5.74) is 0.490. The zero-order valence-electron chi connectivity index (χ0n) is 19.7. The van der Waals surface area contributed by atoms with Gasteiger partial charge in [-0.15, -0.1) is 0 Å². The Hall–Kier alpha value is -3.37. The van der Waals surface area contributed by atoms with E-state index >= 15 is 0 Å². The molecule has 0 bridgehead atoms. The Morgan fingerprint density at radius 3 is 2.79 bits per heavy atom. The van der Waals surface area contributed by atoms with Crippen LogP contribution in [0, 0.1) is 5.92 Å². The molecule has 1 aromatic heterocycles. The molecule has 2 atom stereocenters. The second-order valence-electron chi connectivity index (χ2n) is 9.10. The predicted molar refractivity (Wildman–Crippen MR) is 138 cm³/mol. The second-order valence-corrected chi connectivity index (χ2v) is 10.5. The van der Waals surface area contributed by atoms with Gasteiger partial charge in [0, 0.05) is 41.5 Å². The van der Waals surface area contributed by atoms with Crippen LogP contribution in [0.1, 0.15) is 23.1 Å². The third-order valence-corrected chi connectivity index (χ3v) is 7.64. The van der Waals surface area contributed by atoms with Gasteiger partial charge >= 0.3 is 6.18 Å². The van der Waals surface area contributed by atoms with Crippen LogP contribution < -0.4 is 5.32 Å². The monoisotopic (exact) mass is 560 g/mol. The summed E-state index contributed by atoms with van der Waals surface area (Å²) in [7, 11) is 0. The van der Waals surface area contributed by atoms with E-state index in [0.717, 1.165) is 17.8 Å². The van der Waals surface area contributed by atoms with Crippen molar-refractivity contribution in [3.8, 4) is 0 Å². The van der Waals surface area contributed by atoms with E-state index < -0.39 is 17.6 Å². The molecule has 2 aliphatic heterocycles. The van der Waals surface area contributed by atoms with Gasteiger partial charge in [-0.05, 0) is 59.7 Å². The quantitative estimate of drug-likeness (QED) is 0.331. The molecule has 2 aromatic carbocycles. The Bertz CT molecular complexity index is 1510. The number of hydrogen-bond donors (Lipinski definition) is 1. The number of halogens is 4. The predicted octanol–water partition coefficient (Wildman–Crippen LogP) is 5.16. The molecule has 0 radical (unpaired) electrons. The summed E-state index contributed by atoms with van der Waals surface area (Å²) in [6, 6.07) is 8.74. The van der Waals surface area contributed by atoms with Crippen molar-refractivity contribution in [2.24, 2.45) is 5.92 Å². The van der Waals surface area contributed by atoms with Gasteiger partial charge in [0.05, 0.1) is 28.7 Å². The molecule has 2 amide bonds. The molecule has 1 N–H and O–H groups in total. The van der Waals surface area contributed by atoms with E-state index in [1.807, 2.05) is 0 Å². The van der Waals surface area contributed by atoms with Crippen LogP contribution in [0.25, 0.3) is 17.0 Å². The van der Waals surface area contributed by atoms with Gasteiger partial charge in [0.2, 0.25) is 0 Å². The molecule has 38 heavy (non-hydrogen) atoms. The van der Waals surface area contributed by atoms with Crippen LogP contribution in [0.4, 0.5) is 18.0 Å². The lowest BCUT2D eigenvalue weighted by Gasteiger charge is -2.17. The number of carbonyl (C=O) groups excluding carboxylic acids is 3. The smallest absolute Gasteiger partial charge is 0.312 e. The van der Waals surface area contributed by atoms with Crippen molar-refractivity contribution in [3.05, 3.63) is 75.3 Å². The average molecular weight is 561 g/mol. The van der Waals surface area contributed by atoms with Crippen molar-refractivity contribution in [1.29, 1.82) is 0 Å². The summed E-state index contributed by atoms with van der Waals surface area (Å²) in [5.74, 6) is 1.41. The van der Waals surface area contributed by atoms with Gasteiger partial charge in [-0.25, -0.2) is 4.79 Å². The largest absolute Gasteiger partial charge is 0.416 e. The van der Waals surface area contributed by atoms with Crippen molar-refractivity contribution in [2.45, 2.75) is 25.2 Å². The van der Waals surface area contributed by atoms with E-state index in [-0.39, 0.29) is 45.8 Å². The summed E-state index contributed by atoms with van der Waals surface area (Å²) in [4.78, 5) is 37.5. The Morgan fingerprint density at radius 1 is 1.21 bits per heavy atom. The molecule has 2 saturated heterocycles. The maximum atomic E-state index is 13.5. The SMILES string of the molecule is O=C=CC1CNC(CN2C(=O)SC(=Cc3ccc4c(cnn4Cc4ccc(Cl)cc4C(F)(F)F)c3)C2=O)C1. The van der Waals surface area contributed by atoms with E-state index in [1.54, 1.807) is 30.2 Å². The highest BCUT2D eigenvalue weighted by molar-refractivity contribution is 8.18. The molecule has 7 nitrogen and oxygen atoms in total. The van der Waals surface area contributed by atoms with Gasteiger partial charge in [-0.1, -0.05) is 23.7 Å². The van der Waals surface area contributed by atoms with Crippen LogP contribution in [0.15, 0.2) is 53.6 Å². The van der Waals surface area contributed by atoms with Crippen molar-refractivity contribution in [3.63, 3.8) is 0 Å². The fourth-order valence-corrected chi connectivity index (χ4v) is 5.70. The summed E-state index contributed by atoms with van der Waals surface area (Å²) in [6.07, 6.45) is 0.683. The third-order valence-electron chi connectivity index (χ3n) is 6.50. The first-order chi connectivity index (χ1) is 18.1. The van der Waals surface area contributed by atoms with Crippen LogP contribution >= 0.6 is 23.4 Å². The minimum absolute atomic E-state index is 0.000735. The van der Waals surface area contributed by atoms with Gasteiger partial charge in [0.1, 0.15) is 5.94 Å². The number of amides is 2. The molecule has 3 heterocycles. The zero-order chi connectivity index (χ0) is 27.0. The van der Waals surface area contributed by atoms with Gasteiger partial charge in [0.15, 0.2) is 0 Å². The molecular formula is C26H20ClF3N4O3S. The zero-order valence-corrected chi connectivity index (χ0v) is 21.2. The summed E-state index contributed by atoms with van der Waals surface area (Å²) >= 11 is 6.63. The number of hydrogen-bond acceptors (Lipinski definition) is 6. The highest BCUT2D eigenvalue weighted by Crippen LogP contribution is 2.35. The van der Waals surface area contributed by atoms with Gasteiger partial charge < -0.3 is 5.32 Å². The highest BCUT2D eigenvalue weighted by Gasteiger charge is 2.38. The summed E-state index contributed by atoms with van der Waals surface area (Å²) < 4.78 is 42.0. The van der Waals surface area contributed by atoms with Crippen molar-refractivity contribution in [1.82, 2.24) is 20.0 Å². The number of rotatable bonds is 6. The van der Waals surface area contributed by atoms with E-state index in [9.17, 15) is 27.6 Å². The van der Waals surface area contributed by atoms with Crippen LogP contribution in [0.3, 0.4) is 0 Å². The number of aromatic nitrogens is 2. The van der Waals surface area contributed by atoms with Gasteiger partial charge in [-0.3, -0.25) is 19.2 Å². The first-order valence-electron chi connectivity index (χ1n) is 11.6.